The Balaban J connectivity index is 2.13. The summed E-state index contributed by atoms with van der Waals surface area (Å²) in [6.45, 7) is 1.01. The molecule has 0 aliphatic heterocycles. The van der Waals surface area contributed by atoms with Crippen LogP contribution in [-0.4, -0.2) is 31.6 Å². The summed E-state index contributed by atoms with van der Waals surface area (Å²) in [6.07, 6.45) is -11.5. The van der Waals surface area contributed by atoms with Crippen molar-refractivity contribution in [3.8, 4) is 0 Å². The van der Waals surface area contributed by atoms with Crippen molar-refractivity contribution >= 4 is 27.3 Å². The normalized spacial score (nSPS) is 14.3. The molecular formula is C22H18F6N2O5S. The molecule has 0 bridgehead atoms. The van der Waals surface area contributed by atoms with E-state index >= 15 is 0 Å². The third-order valence-electron chi connectivity index (χ3n) is 4.95. The highest BCUT2D eigenvalue weighted by atomic mass is 32.2. The lowest BCUT2D eigenvalue weighted by Crippen LogP contribution is -2.49. The Morgan fingerprint density at radius 3 is 1.78 bits per heavy atom. The van der Waals surface area contributed by atoms with E-state index in [0.29, 0.717) is 12.1 Å². The Morgan fingerprint density at radius 2 is 1.36 bits per heavy atom. The van der Waals surface area contributed by atoms with Crippen molar-refractivity contribution in [3.63, 3.8) is 0 Å². The summed E-state index contributed by atoms with van der Waals surface area (Å²) < 4.78 is 114. The van der Waals surface area contributed by atoms with E-state index in [9.17, 15) is 44.7 Å². The number of hydrogen-bond donors (Lipinski definition) is 2. The van der Waals surface area contributed by atoms with Crippen LogP contribution in [0.1, 0.15) is 18.1 Å². The van der Waals surface area contributed by atoms with Crippen LogP contribution in [0.2, 0.25) is 0 Å². The molecule has 0 spiro atoms. The molecule has 0 fully saturated rings. The fourth-order valence-electron chi connectivity index (χ4n) is 3.31. The van der Waals surface area contributed by atoms with Crippen molar-refractivity contribution in [1.82, 2.24) is 4.72 Å². The van der Waals surface area contributed by atoms with E-state index in [1.54, 1.807) is 0 Å². The van der Waals surface area contributed by atoms with Crippen LogP contribution in [0, 0.1) is 0 Å². The van der Waals surface area contributed by atoms with Crippen LogP contribution >= 0.6 is 0 Å². The minimum atomic E-state index is -5.08. The molecule has 0 saturated carbocycles. The third kappa shape index (κ3) is 5.71. The van der Waals surface area contributed by atoms with E-state index in [4.69, 9.17) is 4.42 Å². The Kier molecular flexibility index (Phi) is 7.53. The van der Waals surface area contributed by atoms with Crippen molar-refractivity contribution in [3.05, 3.63) is 78.1 Å². The first-order chi connectivity index (χ1) is 16.6. The van der Waals surface area contributed by atoms with Crippen molar-refractivity contribution in [2.45, 2.75) is 36.5 Å². The van der Waals surface area contributed by atoms with E-state index in [1.165, 1.54) is 6.07 Å². The molecule has 0 aliphatic rings. The molecule has 194 valence electrons. The van der Waals surface area contributed by atoms with Gasteiger partial charge in [-0.25, -0.2) is 13.1 Å². The van der Waals surface area contributed by atoms with Crippen LogP contribution in [0.3, 0.4) is 0 Å². The number of carbonyl (C=O) groups excluding carboxylic acids is 1. The van der Waals surface area contributed by atoms with Crippen LogP contribution in [-0.2, 0) is 27.2 Å². The number of amides is 1. The van der Waals surface area contributed by atoms with E-state index < -0.39 is 68.0 Å². The second-order valence-electron chi connectivity index (χ2n) is 7.49. The van der Waals surface area contributed by atoms with Gasteiger partial charge in [0.05, 0.1) is 34.8 Å². The fraction of sp³-hybridized carbons (Fsp3) is 0.227. The zero-order chi connectivity index (χ0) is 26.9. The number of benzene rings is 2. The number of hydrogen-bond acceptors (Lipinski definition) is 5. The van der Waals surface area contributed by atoms with Crippen LogP contribution in [0.4, 0.5) is 37.7 Å². The lowest BCUT2D eigenvalue weighted by Gasteiger charge is -2.31. The quantitative estimate of drug-likeness (QED) is 0.426. The fourth-order valence-corrected chi connectivity index (χ4v) is 4.49. The van der Waals surface area contributed by atoms with Gasteiger partial charge in [0.25, 0.3) is 15.9 Å². The smallest absolute Gasteiger partial charge is 0.418 e. The summed E-state index contributed by atoms with van der Waals surface area (Å²) in [4.78, 5) is 13.4. The molecule has 2 atom stereocenters. The predicted molar refractivity (Wildman–Crippen MR) is 115 cm³/mol. The number of alkyl halides is 6. The van der Waals surface area contributed by atoms with Crippen LogP contribution < -0.4 is 9.62 Å². The number of rotatable bonds is 7. The first-order valence-corrected chi connectivity index (χ1v) is 11.5. The van der Waals surface area contributed by atoms with Crippen LogP contribution in [0.25, 0.3) is 0 Å². The second-order valence-corrected chi connectivity index (χ2v) is 9.14. The van der Waals surface area contributed by atoms with Gasteiger partial charge in [0.15, 0.2) is 0 Å². The maximum atomic E-state index is 13.7. The van der Waals surface area contributed by atoms with Gasteiger partial charge < -0.3 is 9.52 Å². The molecule has 0 radical (unpaired) electrons. The first-order valence-electron chi connectivity index (χ1n) is 10.0. The largest absolute Gasteiger partial charge is 0.452 e. The summed E-state index contributed by atoms with van der Waals surface area (Å²) in [5, 5.41) is 10.0. The number of anilines is 2. The average molecular weight is 536 g/mol. The number of sulfonamides is 1. The zero-order valence-electron chi connectivity index (χ0n) is 18.2. The first kappa shape index (κ1) is 27.2. The highest BCUT2D eigenvalue weighted by Crippen LogP contribution is 2.43. The highest BCUT2D eigenvalue weighted by Gasteiger charge is 2.42. The van der Waals surface area contributed by atoms with E-state index in [1.807, 2.05) is 4.72 Å². The van der Waals surface area contributed by atoms with Crippen LogP contribution in [0.5, 0.6) is 0 Å². The predicted octanol–water partition coefficient (Wildman–Crippen LogP) is 4.71. The van der Waals surface area contributed by atoms with E-state index in [2.05, 4.69) is 0 Å². The Hall–Kier alpha value is -3.36. The minimum absolute atomic E-state index is 0.0774. The third-order valence-corrected chi connectivity index (χ3v) is 6.39. The number of carbonyl (C=O) groups is 1. The van der Waals surface area contributed by atoms with Crippen molar-refractivity contribution in [2.24, 2.45) is 0 Å². The molecular weight excluding hydrogens is 518 g/mol. The summed E-state index contributed by atoms with van der Waals surface area (Å²) in [5.74, 6) is -1.64. The van der Waals surface area contributed by atoms with Gasteiger partial charge in [0, 0.05) is 0 Å². The number of aliphatic hydroxyl groups is 1. The van der Waals surface area contributed by atoms with Gasteiger partial charge in [-0.1, -0.05) is 24.3 Å². The Labute approximate surface area is 201 Å². The van der Waals surface area contributed by atoms with Gasteiger partial charge >= 0.3 is 12.4 Å². The molecule has 2 aromatic carbocycles. The molecule has 0 aliphatic carbocycles. The van der Waals surface area contributed by atoms with Gasteiger partial charge in [-0.3, -0.25) is 9.69 Å². The second kappa shape index (κ2) is 9.95. The summed E-state index contributed by atoms with van der Waals surface area (Å²) in [6, 6.07) is 7.32. The molecule has 14 heteroatoms. The zero-order valence-corrected chi connectivity index (χ0v) is 19.0. The monoisotopic (exact) mass is 536 g/mol. The minimum Gasteiger partial charge on any atom is -0.452 e. The van der Waals surface area contributed by atoms with Gasteiger partial charge in [-0.05, 0) is 43.3 Å². The lowest BCUT2D eigenvalue weighted by molar-refractivity contribution is -0.137. The van der Waals surface area contributed by atoms with E-state index in [-0.39, 0.29) is 4.90 Å². The van der Waals surface area contributed by atoms with Gasteiger partial charge in [0.2, 0.25) is 5.09 Å². The maximum absolute atomic E-state index is 13.7. The SMILES string of the molecule is CC(NS(=O)(=O)c1ccco1)C(O)C(=O)N(c1ccccc1C(F)(F)F)c1ccccc1C(F)(F)F. The highest BCUT2D eigenvalue weighted by molar-refractivity contribution is 7.89. The van der Waals surface area contributed by atoms with Crippen LogP contribution in [0.15, 0.2) is 76.4 Å². The molecule has 3 aromatic rings. The molecule has 3 rings (SSSR count). The summed E-state index contributed by atoms with van der Waals surface area (Å²) in [5.41, 5.74) is -4.89. The number of para-hydroxylation sites is 2. The van der Waals surface area contributed by atoms with Crippen molar-refractivity contribution < 1.29 is 49.1 Å². The van der Waals surface area contributed by atoms with Gasteiger partial charge in [-0.15, -0.1) is 0 Å². The van der Waals surface area contributed by atoms with Crippen molar-refractivity contribution in [1.29, 1.82) is 0 Å². The Bertz CT molecular complexity index is 1270. The number of halogens is 6. The number of furan rings is 1. The Morgan fingerprint density at radius 1 is 0.889 bits per heavy atom. The maximum Gasteiger partial charge on any atom is 0.418 e. The van der Waals surface area contributed by atoms with Gasteiger partial charge in [0.1, 0.15) is 6.10 Å². The van der Waals surface area contributed by atoms with Gasteiger partial charge in [-0.2, -0.15) is 26.3 Å². The van der Waals surface area contributed by atoms with Crippen molar-refractivity contribution in [2.75, 3.05) is 4.90 Å². The topological polar surface area (TPSA) is 99.9 Å². The summed E-state index contributed by atoms with van der Waals surface area (Å²) >= 11 is 0. The molecule has 2 N–H and O–H groups in total. The number of nitrogens with zero attached hydrogens (tertiary/aromatic N) is 1. The molecule has 2 unspecified atom stereocenters. The molecule has 0 saturated heterocycles. The lowest BCUT2D eigenvalue weighted by atomic mass is 10.0. The van der Waals surface area contributed by atoms with E-state index in [0.717, 1.165) is 55.7 Å². The molecule has 1 amide bonds. The molecule has 1 heterocycles. The summed E-state index contributed by atoms with van der Waals surface area (Å²) in [7, 11) is -4.42. The molecule has 1 aromatic heterocycles. The average Bonchev–Trinajstić information content (AvgIpc) is 3.34. The number of aliphatic hydroxyl groups excluding tert-OH is 1. The standard InChI is InChI=1S/C22H18F6N2O5S/c1-13(29-36(33,34)18-11-6-12-35-18)19(31)20(32)30(16-9-4-2-7-14(16)21(23,24)25)17-10-5-3-8-15(17)22(26,27)28/h2-13,19,29,31H,1H3. The molecule has 7 nitrogen and oxygen atoms in total. The number of nitrogens with one attached hydrogen (secondary N) is 1. The molecule has 36 heavy (non-hydrogen) atoms.